The van der Waals surface area contributed by atoms with E-state index in [2.05, 4.69) is 30.8 Å². The van der Waals surface area contributed by atoms with Crippen LogP contribution in [0.1, 0.15) is 12.8 Å². The average Bonchev–Trinajstić information content (AvgIpc) is 1.80. The zero-order chi connectivity index (χ0) is 7.11. The molecule has 0 bridgehead atoms. The third-order valence-electron chi connectivity index (χ3n) is 1.21. The van der Waals surface area contributed by atoms with Gasteiger partial charge in [0.2, 0.25) is 0 Å². The Morgan fingerprint density at radius 2 is 2.11 bits per heavy atom. The Morgan fingerprint density at radius 3 is 2.56 bits per heavy atom. The first-order chi connectivity index (χ1) is 4.27. The van der Waals surface area contributed by atoms with Crippen molar-refractivity contribution in [2.24, 2.45) is 0 Å². The van der Waals surface area contributed by atoms with E-state index in [4.69, 9.17) is 0 Å². The van der Waals surface area contributed by atoms with Gasteiger partial charge in [-0.2, -0.15) is 0 Å². The van der Waals surface area contributed by atoms with Crippen LogP contribution in [0.2, 0.25) is 0 Å². The summed E-state index contributed by atoms with van der Waals surface area (Å²) in [7, 11) is 5.44. The van der Waals surface area contributed by atoms with Crippen LogP contribution < -0.4 is 0 Å². The first kappa shape index (κ1) is 8.92. The van der Waals surface area contributed by atoms with Crippen LogP contribution in [0, 0.1) is 0 Å². The summed E-state index contributed by atoms with van der Waals surface area (Å²) in [4.78, 5) is 2.22. The van der Waals surface area contributed by atoms with Crippen LogP contribution in [0.3, 0.4) is 0 Å². The molecule has 1 nitrogen and oxygen atoms in total. The molecule has 0 heterocycles. The molecule has 0 spiro atoms. The molecule has 0 saturated heterocycles. The molecule has 0 unspecified atom stereocenters. The Hall–Kier alpha value is -0.0831. The van der Waals surface area contributed by atoms with Crippen LogP contribution in [0.15, 0.2) is 11.8 Å². The van der Waals surface area contributed by atoms with Gasteiger partial charge in [0.15, 0.2) is 0 Å². The summed E-state index contributed by atoms with van der Waals surface area (Å²) in [5.41, 5.74) is 2.25. The highest BCUT2D eigenvalue weighted by atomic mass is 28.1. The van der Waals surface area contributed by atoms with E-state index in [1.165, 1.54) is 29.6 Å². The van der Waals surface area contributed by atoms with Gasteiger partial charge in [0.25, 0.3) is 0 Å². The van der Waals surface area contributed by atoms with Gasteiger partial charge in [0.05, 0.1) is 0 Å². The summed E-state index contributed by atoms with van der Waals surface area (Å²) in [6.07, 6.45) is 4.82. The summed E-state index contributed by atoms with van der Waals surface area (Å²) in [6.45, 7) is 1.21. The molecule has 54 valence electrons. The number of hydrogen-bond acceptors (Lipinski definition) is 1. The fourth-order valence-electron chi connectivity index (χ4n) is 0.692. The van der Waals surface area contributed by atoms with Crippen LogP contribution in [-0.4, -0.2) is 35.8 Å². The first-order valence-electron chi connectivity index (χ1n) is 3.53. The van der Waals surface area contributed by atoms with Crippen molar-refractivity contribution in [2.45, 2.75) is 12.8 Å². The van der Waals surface area contributed by atoms with Crippen LogP contribution in [0.4, 0.5) is 0 Å². The highest BCUT2D eigenvalue weighted by molar-refractivity contribution is 6.16. The van der Waals surface area contributed by atoms with Crippen molar-refractivity contribution in [3.05, 3.63) is 11.8 Å². The van der Waals surface area contributed by atoms with Crippen LogP contribution in [-0.2, 0) is 0 Å². The third kappa shape index (κ3) is 7.92. The number of allylic oxidation sites excluding steroid dienone is 1. The summed E-state index contributed by atoms with van der Waals surface area (Å²) >= 11 is 0. The normalized spacial score (nSPS) is 11.9. The van der Waals surface area contributed by atoms with Crippen molar-refractivity contribution < 1.29 is 0 Å². The van der Waals surface area contributed by atoms with E-state index in [1.54, 1.807) is 0 Å². The van der Waals surface area contributed by atoms with Crippen LogP contribution in [0.25, 0.3) is 0 Å². The zero-order valence-corrected chi connectivity index (χ0v) is 8.72. The van der Waals surface area contributed by atoms with E-state index >= 15 is 0 Å². The van der Waals surface area contributed by atoms with Gasteiger partial charge in [-0.15, -0.1) is 5.70 Å². The molecule has 0 aliphatic rings. The van der Waals surface area contributed by atoms with Crippen molar-refractivity contribution in [3.63, 3.8) is 0 Å². The minimum absolute atomic E-state index is 1.21. The summed E-state index contributed by atoms with van der Waals surface area (Å²) in [5.74, 6) is 0. The highest BCUT2D eigenvalue weighted by Gasteiger charge is 1.85. The fourth-order valence-corrected chi connectivity index (χ4v) is 1.03. The van der Waals surface area contributed by atoms with Crippen molar-refractivity contribution in [1.29, 1.82) is 0 Å². The molecule has 0 aliphatic carbocycles. The lowest BCUT2D eigenvalue weighted by atomic mass is 10.3. The van der Waals surface area contributed by atoms with E-state index in [9.17, 15) is 0 Å². The minimum Gasteiger partial charge on any atom is -0.309 e. The lowest BCUT2D eigenvalue weighted by Gasteiger charge is -2.06. The Morgan fingerprint density at radius 1 is 1.44 bits per heavy atom. The lowest BCUT2D eigenvalue weighted by Crippen LogP contribution is -2.12. The molecule has 0 fully saturated rings. The van der Waals surface area contributed by atoms with Gasteiger partial charge in [-0.1, -0.05) is 6.08 Å². The minimum atomic E-state index is 1.21. The molecule has 0 radical (unpaired) electrons. The molecule has 0 aliphatic heterocycles. The Kier molecular flexibility index (Phi) is 5.99. The molecule has 0 saturated carbocycles. The van der Waals surface area contributed by atoms with Gasteiger partial charge in [0.1, 0.15) is 0 Å². The summed E-state index contributed by atoms with van der Waals surface area (Å²) in [6, 6.07) is 0. The summed E-state index contributed by atoms with van der Waals surface area (Å²) < 4.78 is 0. The van der Waals surface area contributed by atoms with E-state index in [1.807, 2.05) is 0 Å². The largest absolute Gasteiger partial charge is 0.309 e. The topological polar surface area (TPSA) is 3.24 Å². The third-order valence-corrected chi connectivity index (χ3v) is 1.68. The van der Waals surface area contributed by atoms with Crippen LogP contribution in [0.5, 0.6) is 0 Å². The average molecular weight is 143 g/mol. The predicted molar refractivity (Wildman–Crippen MR) is 46.9 cm³/mol. The molecular weight excluding hydrogens is 126 g/mol. The fraction of sp³-hybridized carbons (Fsp3) is 0.714. The second-order valence-electron chi connectivity index (χ2n) is 2.51. The van der Waals surface area contributed by atoms with Crippen LogP contribution >= 0.6 is 0 Å². The molecule has 0 aromatic rings. The maximum absolute atomic E-state index is 2.27. The van der Waals surface area contributed by atoms with E-state index in [0.29, 0.717) is 0 Å². The molecule has 2 heteroatoms. The molecular formula is C7H17NSi. The molecule has 0 atom stereocenters. The Balaban J connectivity index is 2.91. The Labute approximate surface area is 61.2 Å². The number of nitrogens with zero attached hydrogens (tertiary/aromatic N) is 1. The van der Waals surface area contributed by atoms with E-state index in [0.717, 1.165) is 0 Å². The molecule has 9 heavy (non-hydrogen) atoms. The maximum Gasteiger partial charge on any atom is 0.0287 e. The van der Waals surface area contributed by atoms with Gasteiger partial charge in [-0.3, -0.25) is 0 Å². The van der Waals surface area contributed by atoms with Crippen molar-refractivity contribution >= 4 is 10.2 Å². The SMILES string of the molecule is CN(C)CCCC=C[SiH3]. The monoisotopic (exact) mass is 143 g/mol. The van der Waals surface area contributed by atoms with E-state index in [-0.39, 0.29) is 0 Å². The van der Waals surface area contributed by atoms with Crippen molar-refractivity contribution in [2.75, 3.05) is 20.6 Å². The number of rotatable bonds is 4. The number of hydrogen-bond donors (Lipinski definition) is 0. The van der Waals surface area contributed by atoms with Gasteiger partial charge in [-0.05, 0) is 33.5 Å². The second kappa shape index (κ2) is 6.04. The van der Waals surface area contributed by atoms with Gasteiger partial charge in [0, 0.05) is 10.2 Å². The quantitative estimate of drug-likeness (QED) is 0.402. The lowest BCUT2D eigenvalue weighted by molar-refractivity contribution is 0.402. The molecule has 0 amide bonds. The predicted octanol–water partition coefficient (Wildman–Crippen LogP) is 0.207. The van der Waals surface area contributed by atoms with Gasteiger partial charge in [-0.25, -0.2) is 0 Å². The maximum atomic E-state index is 2.27. The van der Waals surface area contributed by atoms with Gasteiger partial charge >= 0.3 is 0 Å². The molecule has 0 aromatic heterocycles. The summed E-state index contributed by atoms with van der Waals surface area (Å²) in [5, 5.41) is 0. The standard InChI is InChI=1S/C7H17NSi/c1-8(2)6-4-3-5-7-9/h5,7H,3-4,6H2,1-2,9H3. The molecule has 0 aromatic carbocycles. The second-order valence-corrected chi connectivity index (χ2v) is 3.18. The van der Waals surface area contributed by atoms with Gasteiger partial charge < -0.3 is 4.90 Å². The first-order valence-corrected chi connectivity index (χ1v) is 4.68. The zero-order valence-electron chi connectivity index (χ0n) is 6.72. The van der Waals surface area contributed by atoms with E-state index < -0.39 is 0 Å². The van der Waals surface area contributed by atoms with Crippen molar-refractivity contribution in [3.8, 4) is 0 Å². The molecule has 0 N–H and O–H groups in total. The number of unbranched alkanes of at least 4 members (excludes halogenated alkanes) is 1. The smallest absolute Gasteiger partial charge is 0.0287 e. The van der Waals surface area contributed by atoms with Crippen molar-refractivity contribution in [1.82, 2.24) is 4.90 Å². The Bertz CT molecular complexity index is 79.0. The highest BCUT2D eigenvalue weighted by Crippen LogP contribution is 1.90. The molecule has 0 rings (SSSR count).